The van der Waals surface area contributed by atoms with Crippen molar-refractivity contribution in [3.63, 3.8) is 0 Å². The summed E-state index contributed by atoms with van der Waals surface area (Å²) in [6.07, 6.45) is 5.48. The topological polar surface area (TPSA) is 45.2 Å². The lowest BCUT2D eigenvalue weighted by atomic mass is 9.84. The zero-order valence-corrected chi connectivity index (χ0v) is 15.9. The molecule has 25 heavy (non-hydrogen) atoms. The van der Waals surface area contributed by atoms with E-state index in [1.54, 1.807) is 11.3 Å². The van der Waals surface area contributed by atoms with Gasteiger partial charge in [0.25, 0.3) is 0 Å². The summed E-state index contributed by atoms with van der Waals surface area (Å²) < 4.78 is 1.21. The maximum absolute atomic E-state index is 12.4. The van der Waals surface area contributed by atoms with E-state index in [9.17, 15) is 4.79 Å². The number of nitrogens with zero attached hydrogens (tertiary/aromatic N) is 2. The molecule has 5 heteroatoms. The lowest BCUT2D eigenvalue weighted by molar-refractivity contribution is -0.123. The van der Waals surface area contributed by atoms with Crippen LogP contribution in [0.1, 0.15) is 37.6 Å². The molecule has 2 saturated carbocycles. The molecule has 2 aliphatic carbocycles. The van der Waals surface area contributed by atoms with Gasteiger partial charge in [0.15, 0.2) is 0 Å². The Morgan fingerprint density at radius 2 is 2.20 bits per heavy atom. The Morgan fingerprint density at radius 3 is 2.92 bits per heavy atom. The minimum absolute atomic E-state index is 0.138. The van der Waals surface area contributed by atoms with Crippen molar-refractivity contribution in [2.45, 2.75) is 45.2 Å². The average Bonchev–Trinajstić information content (AvgIpc) is 3.28. The van der Waals surface area contributed by atoms with Crippen LogP contribution in [0.25, 0.3) is 10.2 Å². The third-order valence-corrected chi connectivity index (χ3v) is 7.00. The first-order chi connectivity index (χ1) is 12.1. The van der Waals surface area contributed by atoms with E-state index < -0.39 is 0 Å². The number of rotatable bonds is 6. The fourth-order valence-corrected chi connectivity index (χ4v) is 5.88. The van der Waals surface area contributed by atoms with Gasteiger partial charge in [0.05, 0.1) is 23.3 Å². The van der Waals surface area contributed by atoms with E-state index >= 15 is 0 Å². The summed E-state index contributed by atoms with van der Waals surface area (Å²) in [6, 6.07) is 8.50. The van der Waals surface area contributed by atoms with Crippen molar-refractivity contribution < 1.29 is 4.79 Å². The largest absolute Gasteiger partial charge is 0.352 e. The molecule has 1 aromatic heterocycles. The van der Waals surface area contributed by atoms with Crippen molar-refractivity contribution >= 4 is 27.5 Å². The van der Waals surface area contributed by atoms with Gasteiger partial charge in [0.2, 0.25) is 5.91 Å². The molecule has 1 aromatic carbocycles. The standard InChI is InChI=1S/C20H27N3OS/c1-13(16-10-14-7-8-15(16)9-14)21-19(24)11-23(2)12-20-22-17-5-3-4-6-18(17)25-20/h3-6,13-16H,7-12H2,1-2H3,(H,21,24). The van der Waals surface area contributed by atoms with E-state index in [1.807, 2.05) is 25.2 Å². The Morgan fingerprint density at radius 1 is 1.36 bits per heavy atom. The molecule has 0 radical (unpaired) electrons. The number of carbonyl (C=O) groups is 1. The van der Waals surface area contributed by atoms with Crippen molar-refractivity contribution in [1.82, 2.24) is 15.2 Å². The van der Waals surface area contributed by atoms with Crippen LogP contribution >= 0.6 is 11.3 Å². The normalized spacial score (nSPS) is 26.4. The predicted octanol–water partition coefficient (Wildman–Crippen LogP) is 3.67. The number of thiazole rings is 1. The Balaban J connectivity index is 1.28. The van der Waals surface area contributed by atoms with E-state index in [-0.39, 0.29) is 5.91 Å². The highest BCUT2D eigenvalue weighted by atomic mass is 32.1. The molecule has 0 aliphatic heterocycles. The molecule has 1 N–H and O–H groups in total. The van der Waals surface area contributed by atoms with Gasteiger partial charge in [-0.2, -0.15) is 0 Å². The third kappa shape index (κ3) is 3.72. The number of para-hydroxylation sites is 1. The summed E-state index contributed by atoms with van der Waals surface area (Å²) in [5.41, 5.74) is 1.05. The number of aromatic nitrogens is 1. The predicted molar refractivity (Wildman–Crippen MR) is 102 cm³/mol. The van der Waals surface area contributed by atoms with Crippen LogP contribution in [-0.2, 0) is 11.3 Å². The second-order valence-corrected chi connectivity index (χ2v) is 9.06. The van der Waals surface area contributed by atoms with E-state index in [0.717, 1.165) is 28.9 Å². The summed E-state index contributed by atoms with van der Waals surface area (Å²) in [7, 11) is 1.99. The maximum Gasteiger partial charge on any atom is 0.234 e. The number of hydrogen-bond acceptors (Lipinski definition) is 4. The number of likely N-dealkylation sites (N-methyl/N-ethyl adjacent to an activating group) is 1. The summed E-state index contributed by atoms with van der Waals surface area (Å²) in [5, 5.41) is 4.32. The smallest absolute Gasteiger partial charge is 0.234 e. The molecule has 2 bridgehead atoms. The summed E-state index contributed by atoms with van der Waals surface area (Å²) in [6.45, 7) is 3.34. The summed E-state index contributed by atoms with van der Waals surface area (Å²) >= 11 is 1.71. The number of benzene rings is 1. The van der Waals surface area contributed by atoms with Crippen LogP contribution in [-0.4, -0.2) is 35.4 Å². The van der Waals surface area contributed by atoms with Gasteiger partial charge in [-0.15, -0.1) is 11.3 Å². The fraction of sp³-hybridized carbons (Fsp3) is 0.600. The van der Waals surface area contributed by atoms with Crippen LogP contribution in [0.3, 0.4) is 0 Å². The van der Waals surface area contributed by atoms with Crippen LogP contribution < -0.4 is 5.32 Å². The zero-order valence-electron chi connectivity index (χ0n) is 15.1. The van der Waals surface area contributed by atoms with Crippen molar-refractivity contribution in [2.75, 3.05) is 13.6 Å². The van der Waals surface area contributed by atoms with E-state index in [1.165, 1.54) is 30.4 Å². The highest BCUT2D eigenvalue weighted by Gasteiger charge is 2.42. The molecule has 4 unspecified atom stereocenters. The molecule has 1 heterocycles. The molecule has 2 fully saturated rings. The lowest BCUT2D eigenvalue weighted by Gasteiger charge is -2.29. The van der Waals surface area contributed by atoms with E-state index in [0.29, 0.717) is 18.5 Å². The fourth-order valence-electron chi connectivity index (χ4n) is 4.83. The first-order valence-corrected chi connectivity index (χ1v) is 10.2. The quantitative estimate of drug-likeness (QED) is 0.858. The first kappa shape index (κ1) is 17.0. The van der Waals surface area contributed by atoms with Crippen LogP contribution in [0.5, 0.6) is 0 Å². The molecular weight excluding hydrogens is 330 g/mol. The molecule has 134 valence electrons. The number of fused-ring (bicyclic) bond motifs is 3. The van der Waals surface area contributed by atoms with Gasteiger partial charge < -0.3 is 5.32 Å². The number of amides is 1. The monoisotopic (exact) mass is 357 g/mol. The van der Waals surface area contributed by atoms with Gasteiger partial charge in [-0.3, -0.25) is 9.69 Å². The molecule has 4 nitrogen and oxygen atoms in total. The van der Waals surface area contributed by atoms with Gasteiger partial charge in [0, 0.05) is 6.04 Å². The van der Waals surface area contributed by atoms with Crippen LogP contribution in [0, 0.1) is 17.8 Å². The minimum atomic E-state index is 0.138. The summed E-state index contributed by atoms with van der Waals surface area (Å²) in [4.78, 5) is 19.1. The third-order valence-electron chi connectivity index (χ3n) is 5.98. The Bertz CT molecular complexity index is 725. The molecule has 4 atom stereocenters. The highest BCUT2D eigenvalue weighted by Crippen LogP contribution is 2.49. The molecule has 0 spiro atoms. The summed E-state index contributed by atoms with van der Waals surface area (Å²) in [5.74, 6) is 2.60. The highest BCUT2D eigenvalue weighted by molar-refractivity contribution is 7.18. The number of nitrogens with one attached hydrogen (secondary N) is 1. The molecule has 1 amide bonds. The Kier molecular flexibility index (Phi) is 4.78. The van der Waals surface area contributed by atoms with Gasteiger partial charge in [0.1, 0.15) is 5.01 Å². The molecule has 2 aromatic rings. The molecule has 4 rings (SSSR count). The van der Waals surface area contributed by atoms with Gasteiger partial charge in [-0.25, -0.2) is 4.98 Å². The van der Waals surface area contributed by atoms with Crippen LogP contribution in [0.15, 0.2) is 24.3 Å². The molecule has 2 aliphatic rings. The zero-order chi connectivity index (χ0) is 17.4. The Hall–Kier alpha value is -1.46. The van der Waals surface area contributed by atoms with Crippen LogP contribution in [0.4, 0.5) is 0 Å². The lowest BCUT2D eigenvalue weighted by Crippen LogP contribution is -2.44. The number of hydrogen-bond donors (Lipinski definition) is 1. The van der Waals surface area contributed by atoms with Crippen molar-refractivity contribution in [3.8, 4) is 0 Å². The SMILES string of the molecule is CC(NC(=O)CN(C)Cc1nc2ccccc2s1)C1CC2CCC1C2. The maximum atomic E-state index is 12.4. The van der Waals surface area contributed by atoms with Gasteiger partial charge >= 0.3 is 0 Å². The first-order valence-electron chi connectivity index (χ1n) is 9.41. The van der Waals surface area contributed by atoms with Crippen LogP contribution in [0.2, 0.25) is 0 Å². The Labute approximate surface area is 153 Å². The average molecular weight is 358 g/mol. The van der Waals surface area contributed by atoms with E-state index in [4.69, 9.17) is 0 Å². The van der Waals surface area contributed by atoms with Crippen molar-refractivity contribution in [3.05, 3.63) is 29.3 Å². The van der Waals surface area contributed by atoms with Gasteiger partial charge in [-0.1, -0.05) is 18.6 Å². The second kappa shape index (κ2) is 7.04. The minimum Gasteiger partial charge on any atom is -0.352 e. The second-order valence-electron chi connectivity index (χ2n) is 7.94. The van der Waals surface area contributed by atoms with Crippen molar-refractivity contribution in [2.24, 2.45) is 17.8 Å². The number of carbonyl (C=O) groups excluding carboxylic acids is 1. The molecule has 0 saturated heterocycles. The van der Waals surface area contributed by atoms with Gasteiger partial charge in [-0.05, 0) is 63.1 Å². The van der Waals surface area contributed by atoms with Crippen molar-refractivity contribution in [1.29, 1.82) is 0 Å². The van der Waals surface area contributed by atoms with E-state index in [2.05, 4.69) is 28.2 Å². The molecular formula is C20H27N3OS.